The molecule has 0 radical (unpaired) electrons. The maximum atomic E-state index is 5.53. The molecule has 0 spiro atoms. The summed E-state index contributed by atoms with van der Waals surface area (Å²) in [6.07, 6.45) is 6.60. The second-order valence-electron chi connectivity index (χ2n) is 4.48. The molecule has 4 fully saturated rings. The average Bonchev–Trinajstić information content (AvgIpc) is 2.84. The van der Waals surface area contributed by atoms with Gasteiger partial charge in [-0.3, -0.25) is 0 Å². The minimum absolute atomic E-state index is 0.638. The number of ether oxygens (including phenoxy) is 2. The van der Waals surface area contributed by atoms with Gasteiger partial charge in [-0.25, -0.2) is 0 Å². The van der Waals surface area contributed by atoms with E-state index < -0.39 is 0 Å². The van der Waals surface area contributed by atoms with Crippen LogP contribution in [0.25, 0.3) is 0 Å². The van der Waals surface area contributed by atoms with Crippen molar-refractivity contribution in [1.82, 2.24) is 0 Å². The van der Waals surface area contributed by atoms with Crippen molar-refractivity contribution < 1.29 is 9.47 Å². The van der Waals surface area contributed by atoms with Gasteiger partial charge in [-0.15, -0.1) is 0 Å². The largest absolute Gasteiger partial charge is 0.370 e. The summed E-state index contributed by atoms with van der Waals surface area (Å²) in [4.78, 5) is 0. The molecule has 2 saturated heterocycles. The highest BCUT2D eigenvalue weighted by molar-refractivity contribution is 5.09. The summed E-state index contributed by atoms with van der Waals surface area (Å²) in [6, 6.07) is 0. The highest BCUT2D eigenvalue weighted by atomic mass is 16.6. The van der Waals surface area contributed by atoms with Crippen molar-refractivity contribution in [1.29, 1.82) is 0 Å². The zero-order valence-corrected chi connectivity index (χ0v) is 6.40. The second-order valence-corrected chi connectivity index (χ2v) is 4.48. The van der Waals surface area contributed by atoms with Gasteiger partial charge in [0.25, 0.3) is 0 Å². The molecule has 0 amide bonds. The van der Waals surface area contributed by atoms with E-state index in [1.165, 1.54) is 19.3 Å². The molecule has 0 bridgehead atoms. The first-order valence-electron chi connectivity index (χ1n) is 4.73. The molecule has 11 heavy (non-hydrogen) atoms. The fraction of sp³-hybridized carbons (Fsp3) is 1.00. The van der Waals surface area contributed by atoms with E-state index in [1.54, 1.807) is 0 Å². The van der Waals surface area contributed by atoms with E-state index in [9.17, 15) is 0 Å². The molecule has 0 aromatic heterocycles. The third-order valence-electron chi connectivity index (χ3n) is 3.91. The van der Waals surface area contributed by atoms with E-state index in [1.807, 2.05) is 0 Å². The van der Waals surface area contributed by atoms with E-state index in [2.05, 4.69) is 0 Å². The first-order valence-corrected chi connectivity index (χ1v) is 4.73. The molecule has 4 rings (SSSR count). The van der Waals surface area contributed by atoms with Gasteiger partial charge >= 0.3 is 0 Å². The van der Waals surface area contributed by atoms with Gasteiger partial charge in [0, 0.05) is 0 Å². The third-order valence-corrected chi connectivity index (χ3v) is 3.91. The second kappa shape index (κ2) is 1.50. The van der Waals surface area contributed by atoms with Crippen LogP contribution in [0.1, 0.15) is 19.3 Å². The van der Waals surface area contributed by atoms with E-state index in [0.29, 0.717) is 24.4 Å². The van der Waals surface area contributed by atoms with Crippen LogP contribution >= 0.6 is 0 Å². The van der Waals surface area contributed by atoms with Crippen LogP contribution in [-0.4, -0.2) is 24.4 Å². The van der Waals surface area contributed by atoms with E-state index in [0.717, 1.165) is 11.8 Å². The Morgan fingerprint density at radius 2 is 1.64 bits per heavy atom. The Labute approximate surface area is 65.9 Å². The Hall–Kier alpha value is -0.0800. The zero-order valence-electron chi connectivity index (χ0n) is 6.40. The number of epoxide rings is 2. The van der Waals surface area contributed by atoms with Gasteiger partial charge in [0.1, 0.15) is 0 Å². The molecule has 0 aromatic rings. The molecule has 0 aromatic carbocycles. The Kier molecular flexibility index (Phi) is 0.758. The Morgan fingerprint density at radius 3 is 2.64 bits per heavy atom. The van der Waals surface area contributed by atoms with Crippen LogP contribution in [-0.2, 0) is 9.47 Å². The van der Waals surface area contributed by atoms with E-state index in [4.69, 9.17) is 9.47 Å². The Morgan fingerprint density at radius 1 is 0.818 bits per heavy atom. The van der Waals surface area contributed by atoms with E-state index >= 15 is 0 Å². The minimum atomic E-state index is 0.638. The standard InChI is InChI=1S/C9H12O2/c1-4-2-8-9(11-8)5(4)3-7-6(1)10-7/h4-9H,1-3H2/t4-,5-,6-,7-,8-,9-/m1/s1. The van der Waals surface area contributed by atoms with Gasteiger partial charge in [-0.05, 0) is 31.1 Å². The Bertz CT molecular complexity index is 216. The van der Waals surface area contributed by atoms with Crippen LogP contribution in [0.5, 0.6) is 0 Å². The van der Waals surface area contributed by atoms with Crippen LogP contribution in [0.2, 0.25) is 0 Å². The highest BCUT2D eigenvalue weighted by Crippen LogP contribution is 2.56. The number of hydrogen-bond donors (Lipinski definition) is 0. The number of fused-ring (bicyclic) bond motifs is 4. The molecular weight excluding hydrogens is 140 g/mol. The molecule has 2 aliphatic heterocycles. The maximum absolute atomic E-state index is 5.53. The lowest BCUT2D eigenvalue weighted by Gasteiger charge is -2.23. The summed E-state index contributed by atoms with van der Waals surface area (Å²) in [5.41, 5.74) is 0. The molecule has 2 aliphatic carbocycles. The molecular formula is C9H12O2. The molecule has 60 valence electrons. The first-order chi connectivity index (χ1) is 5.42. The molecule has 0 unspecified atom stereocenters. The van der Waals surface area contributed by atoms with Crippen molar-refractivity contribution in [2.75, 3.05) is 0 Å². The summed E-state index contributed by atoms with van der Waals surface area (Å²) in [5, 5.41) is 0. The summed E-state index contributed by atoms with van der Waals surface area (Å²) in [7, 11) is 0. The average molecular weight is 152 g/mol. The SMILES string of the molecule is C1[C@H]2C[C@H]3O[C@@H]3C[C@H]2[C@H]2O[C@H]12. The fourth-order valence-electron chi connectivity index (χ4n) is 3.22. The topological polar surface area (TPSA) is 25.1 Å². The van der Waals surface area contributed by atoms with Crippen LogP contribution in [0.3, 0.4) is 0 Å². The summed E-state index contributed by atoms with van der Waals surface area (Å²) >= 11 is 0. The van der Waals surface area contributed by atoms with Gasteiger partial charge in [0.2, 0.25) is 0 Å². The normalized spacial score (nSPS) is 69.8. The van der Waals surface area contributed by atoms with Gasteiger partial charge < -0.3 is 9.47 Å². The molecule has 2 heterocycles. The predicted octanol–water partition coefficient (Wildman–Crippen LogP) is 0.951. The number of hydrogen-bond acceptors (Lipinski definition) is 2. The monoisotopic (exact) mass is 152 g/mol. The summed E-state index contributed by atoms with van der Waals surface area (Å²) < 4.78 is 11.1. The van der Waals surface area contributed by atoms with Crippen molar-refractivity contribution in [2.24, 2.45) is 11.8 Å². The summed E-state index contributed by atoms with van der Waals surface area (Å²) in [6.45, 7) is 0. The minimum Gasteiger partial charge on any atom is -0.370 e. The van der Waals surface area contributed by atoms with Gasteiger partial charge in [-0.2, -0.15) is 0 Å². The lowest BCUT2D eigenvalue weighted by molar-refractivity contribution is 0.171. The van der Waals surface area contributed by atoms with Crippen molar-refractivity contribution in [3.63, 3.8) is 0 Å². The molecule has 0 N–H and O–H groups in total. The Balaban J connectivity index is 1.65. The van der Waals surface area contributed by atoms with Crippen molar-refractivity contribution in [3.8, 4) is 0 Å². The lowest BCUT2D eigenvalue weighted by Crippen LogP contribution is -2.24. The molecule has 2 heteroatoms. The smallest absolute Gasteiger partial charge is 0.0873 e. The fourth-order valence-corrected chi connectivity index (χ4v) is 3.22. The quantitative estimate of drug-likeness (QED) is 0.483. The lowest BCUT2D eigenvalue weighted by atomic mass is 9.81. The summed E-state index contributed by atoms with van der Waals surface area (Å²) in [5.74, 6) is 1.84. The van der Waals surface area contributed by atoms with E-state index in [-0.39, 0.29) is 0 Å². The molecule has 2 nitrogen and oxygen atoms in total. The highest BCUT2D eigenvalue weighted by Gasteiger charge is 2.61. The maximum Gasteiger partial charge on any atom is 0.0873 e. The zero-order chi connectivity index (χ0) is 7.00. The van der Waals surface area contributed by atoms with Gasteiger partial charge in [0.05, 0.1) is 24.4 Å². The van der Waals surface area contributed by atoms with Crippen LogP contribution in [0, 0.1) is 11.8 Å². The third kappa shape index (κ3) is 0.611. The van der Waals surface area contributed by atoms with Gasteiger partial charge in [0.15, 0.2) is 0 Å². The molecule has 4 aliphatic rings. The first kappa shape index (κ1) is 5.55. The van der Waals surface area contributed by atoms with Crippen LogP contribution in [0.4, 0.5) is 0 Å². The van der Waals surface area contributed by atoms with Crippen LogP contribution in [0.15, 0.2) is 0 Å². The number of rotatable bonds is 0. The van der Waals surface area contributed by atoms with Crippen molar-refractivity contribution in [2.45, 2.75) is 43.7 Å². The van der Waals surface area contributed by atoms with Gasteiger partial charge in [-0.1, -0.05) is 0 Å². The molecule has 6 atom stereocenters. The van der Waals surface area contributed by atoms with Crippen LogP contribution < -0.4 is 0 Å². The predicted molar refractivity (Wildman–Crippen MR) is 38.2 cm³/mol. The van der Waals surface area contributed by atoms with Crippen molar-refractivity contribution in [3.05, 3.63) is 0 Å². The van der Waals surface area contributed by atoms with Crippen molar-refractivity contribution >= 4 is 0 Å². The molecule has 2 saturated carbocycles.